The molecular weight excluding hydrogens is 302 g/mol. The van der Waals surface area contributed by atoms with E-state index < -0.39 is 5.60 Å². The molecule has 1 amide bonds. The van der Waals surface area contributed by atoms with E-state index in [1.807, 2.05) is 32.9 Å². The first kappa shape index (κ1) is 17.1. The van der Waals surface area contributed by atoms with Crippen LogP contribution in [0.1, 0.15) is 64.4 Å². The van der Waals surface area contributed by atoms with E-state index >= 15 is 0 Å². The SMILES string of the molecule is CC(C)(C)OC(=O)NC1[C@@H]2CCC[C@H]1C(c1ccc(O)cc1)CC2. The largest absolute Gasteiger partial charge is 0.508 e. The molecule has 2 aliphatic carbocycles. The van der Waals surface area contributed by atoms with Crippen LogP contribution < -0.4 is 5.32 Å². The van der Waals surface area contributed by atoms with Crippen LogP contribution in [0.15, 0.2) is 24.3 Å². The van der Waals surface area contributed by atoms with Crippen LogP contribution in [0.4, 0.5) is 4.79 Å². The molecule has 2 aliphatic rings. The smallest absolute Gasteiger partial charge is 0.407 e. The Morgan fingerprint density at radius 3 is 2.50 bits per heavy atom. The fourth-order valence-electron chi connectivity index (χ4n) is 4.51. The molecule has 1 aromatic rings. The highest BCUT2D eigenvalue weighted by Gasteiger charge is 2.43. The lowest BCUT2D eigenvalue weighted by molar-refractivity contribution is 0.0348. The van der Waals surface area contributed by atoms with Crippen molar-refractivity contribution in [1.82, 2.24) is 5.32 Å². The zero-order valence-electron chi connectivity index (χ0n) is 14.9. The Morgan fingerprint density at radius 2 is 1.83 bits per heavy atom. The minimum Gasteiger partial charge on any atom is -0.508 e. The molecule has 1 aromatic carbocycles. The summed E-state index contributed by atoms with van der Waals surface area (Å²) in [7, 11) is 0. The third kappa shape index (κ3) is 3.85. The number of ether oxygens (including phenoxy) is 1. The van der Waals surface area contributed by atoms with Crippen LogP contribution in [0.3, 0.4) is 0 Å². The summed E-state index contributed by atoms with van der Waals surface area (Å²) >= 11 is 0. The normalized spacial score (nSPS) is 29.8. The van der Waals surface area contributed by atoms with Gasteiger partial charge in [0.05, 0.1) is 0 Å². The van der Waals surface area contributed by atoms with Crippen molar-refractivity contribution in [1.29, 1.82) is 0 Å². The van der Waals surface area contributed by atoms with Crippen molar-refractivity contribution in [3.8, 4) is 5.75 Å². The van der Waals surface area contributed by atoms with Crippen molar-refractivity contribution in [2.75, 3.05) is 0 Å². The Kier molecular flexibility index (Phi) is 4.75. The minimum atomic E-state index is -0.468. The lowest BCUT2D eigenvalue weighted by Gasteiger charge is -2.47. The number of amides is 1. The molecule has 0 heterocycles. The van der Waals surface area contributed by atoms with Crippen LogP contribution in [0, 0.1) is 11.8 Å². The van der Waals surface area contributed by atoms with Gasteiger partial charge >= 0.3 is 6.09 Å². The van der Waals surface area contributed by atoms with Crippen LogP contribution in [-0.2, 0) is 4.74 Å². The van der Waals surface area contributed by atoms with E-state index in [0.717, 1.165) is 19.3 Å². The second kappa shape index (κ2) is 6.66. The number of rotatable bonds is 2. The number of alkyl carbamates (subject to hydrolysis) is 1. The van der Waals surface area contributed by atoms with Crippen LogP contribution >= 0.6 is 0 Å². The second-order valence-corrected chi connectivity index (χ2v) is 8.30. The summed E-state index contributed by atoms with van der Waals surface area (Å²) in [4.78, 5) is 12.3. The Morgan fingerprint density at radius 1 is 1.12 bits per heavy atom. The number of carbonyl (C=O) groups is 1. The van der Waals surface area contributed by atoms with Gasteiger partial charge in [0.15, 0.2) is 0 Å². The summed E-state index contributed by atoms with van der Waals surface area (Å²) in [5.41, 5.74) is 0.804. The third-order valence-electron chi connectivity index (χ3n) is 5.45. The van der Waals surface area contributed by atoms with Crippen molar-refractivity contribution in [3.05, 3.63) is 29.8 Å². The number of fused-ring (bicyclic) bond motifs is 2. The van der Waals surface area contributed by atoms with Gasteiger partial charge < -0.3 is 15.2 Å². The lowest BCUT2D eigenvalue weighted by Crippen LogP contribution is -2.52. The van der Waals surface area contributed by atoms with Crippen LogP contribution in [-0.4, -0.2) is 22.8 Å². The zero-order chi connectivity index (χ0) is 17.3. The van der Waals surface area contributed by atoms with Gasteiger partial charge in [-0.25, -0.2) is 4.79 Å². The molecule has 4 heteroatoms. The Bertz CT molecular complexity index is 576. The Balaban J connectivity index is 1.75. The quantitative estimate of drug-likeness (QED) is 0.834. The van der Waals surface area contributed by atoms with E-state index in [2.05, 4.69) is 5.32 Å². The van der Waals surface area contributed by atoms with Crippen LogP contribution in [0.25, 0.3) is 0 Å². The summed E-state index contributed by atoms with van der Waals surface area (Å²) in [5.74, 6) is 1.76. The molecule has 0 aliphatic heterocycles. The second-order valence-electron chi connectivity index (χ2n) is 8.30. The molecule has 2 N–H and O–H groups in total. The first-order valence-electron chi connectivity index (χ1n) is 9.12. The predicted octanol–water partition coefficient (Wildman–Crippen LogP) is 4.58. The minimum absolute atomic E-state index is 0.196. The monoisotopic (exact) mass is 331 g/mol. The predicted molar refractivity (Wildman–Crippen MR) is 94.1 cm³/mol. The molecule has 0 spiro atoms. The molecule has 0 radical (unpaired) electrons. The first-order valence-corrected chi connectivity index (χ1v) is 9.12. The van der Waals surface area contributed by atoms with Crippen LogP contribution in [0.2, 0.25) is 0 Å². The Hall–Kier alpha value is -1.71. The molecular formula is C20H29NO3. The van der Waals surface area contributed by atoms with Gasteiger partial charge in [0.2, 0.25) is 0 Å². The van der Waals surface area contributed by atoms with Gasteiger partial charge in [-0.2, -0.15) is 0 Å². The number of phenolic OH excluding ortho intramolecular Hbond substituents is 1. The number of aromatic hydroxyl groups is 1. The topological polar surface area (TPSA) is 58.6 Å². The average Bonchev–Trinajstić information content (AvgIpc) is 2.46. The van der Waals surface area contributed by atoms with Gasteiger partial charge in [0.25, 0.3) is 0 Å². The molecule has 3 rings (SSSR count). The van der Waals surface area contributed by atoms with Gasteiger partial charge in [-0.3, -0.25) is 0 Å². The maximum Gasteiger partial charge on any atom is 0.407 e. The van der Waals surface area contributed by atoms with E-state index in [1.165, 1.54) is 18.4 Å². The molecule has 2 bridgehead atoms. The van der Waals surface area contributed by atoms with E-state index in [0.29, 0.717) is 23.5 Å². The highest BCUT2D eigenvalue weighted by atomic mass is 16.6. The molecule has 0 aromatic heterocycles. The fraction of sp³-hybridized carbons (Fsp3) is 0.650. The maximum absolute atomic E-state index is 12.3. The van der Waals surface area contributed by atoms with E-state index in [9.17, 15) is 9.90 Å². The van der Waals surface area contributed by atoms with Gasteiger partial charge in [-0.1, -0.05) is 18.6 Å². The molecule has 4 nitrogen and oxygen atoms in total. The van der Waals surface area contributed by atoms with Crippen molar-refractivity contribution in [2.45, 2.75) is 70.4 Å². The lowest BCUT2D eigenvalue weighted by atomic mass is 9.62. The van der Waals surface area contributed by atoms with Crippen molar-refractivity contribution < 1.29 is 14.6 Å². The molecule has 2 fully saturated rings. The number of carbonyl (C=O) groups excluding carboxylic acids is 1. The van der Waals surface area contributed by atoms with E-state index in [1.54, 1.807) is 12.1 Å². The number of nitrogens with one attached hydrogen (secondary N) is 1. The Labute approximate surface area is 144 Å². The molecule has 2 saturated carbocycles. The summed E-state index contributed by atoms with van der Waals surface area (Å²) in [6.07, 6.45) is 5.57. The number of hydrogen-bond donors (Lipinski definition) is 2. The molecule has 132 valence electrons. The molecule has 2 unspecified atom stereocenters. The fourth-order valence-corrected chi connectivity index (χ4v) is 4.51. The molecule has 4 atom stereocenters. The summed E-state index contributed by atoms with van der Waals surface area (Å²) < 4.78 is 5.48. The number of hydrogen-bond acceptors (Lipinski definition) is 3. The number of benzene rings is 1. The van der Waals surface area contributed by atoms with Gasteiger partial charge in [0.1, 0.15) is 11.4 Å². The maximum atomic E-state index is 12.3. The van der Waals surface area contributed by atoms with Crippen LogP contribution in [0.5, 0.6) is 5.75 Å². The summed E-state index contributed by atoms with van der Waals surface area (Å²) in [6.45, 7) is 5.69. The van der Waals surface area contributed by atoms with Gasteiger partial charge in [-0.05, 0) is 81.9 Å². The highest BCUT2D eigenvalue weighted by molar-refractivity contribution is 5.68. The third-order valence-corrected chi connectivity index (χ3v) is 5.45. The summed E-state index contributed by atoms with van der Waals surface area (Å²) in [6, 6.07) is 7.78. The standard InChI is InChI=1S/C20H29NO3/c1-20(2,3)24-19(23)21-18-14-5-4-6-17(18)16(12-9-14)13-7-10-15(22)11-8-13/h7-8,10-11,14,16-18,22H,4-6,9,12H2,1-3H3,(H,21,23)/t14-,16?,17+,18?/m1/s1. The van der Waals surface area contributed by atoms with Gasteiger partial charge in [-0.15, -0.1) is 0 Å². The highest BCUT2D eigenvalue weighted by Crippen LogP contribution is 2.48. The molecule has 0 saturated heterocycles. The van der Waals surface area contributed by atoms with Crippen molar-refractivity contribution in [3.63, 3.8) is 0 Å². The van der Waals surface area contributed by atoms with Gasteiger partial charge in [0, 0.05) is 6.04 Å². The average molecular weight is 331 g/mol. The first-order chi connectivity index (χ1) is 11.3. The van der Waals surface area contributed by atoms with Crippen molar-refractivity contribution >= 4 is 6.09 Å². The number of phenols is 1. The summed E-state index contributed by atoms with van der Waals surface area (Å²) in [5, 5.41) is 12.7. The zero-order valence-corrected chi connectivity index (χ0v) is 14.9. The van der Waals surface area contributed by atoms with E-state index in [4.69, 9.17) is 4.74 Å². The van der Waals surface area contributed by atoms with E-state index in [-0.39, 0.29) is 12.1 Å². The van der Waals surface area contributed by atoms with Crippen molar-refractivity contribution in [2.24, 2.45) is 11.8 Å². The molecule has 24 heavy (non-hydrogen) atoms.